The summed E-state index contributed by atoms with van der Waals surface area (Å²) in [6.45, 7) is -0.225. The van der Waals surface area contributed by atoms with Crippen molar-refractivity contribution in [2.75, 3.05) is 11.9 Å². The van der Waals surface area contributed by atoms with Gasteiger partial charge in [0.1, 0.15) is 5.75 Å². The molecule has 0 saturated carbocycles. The topological polar surface area (TPSA) is 77.2 Å². The molecule has 0 radical (unpaired) electrons. The Morgan fingerprint density at radius 1 is 1.00 bits per heavy atom. The van der Waals surface area contributed by atoms with Crippen LogP contribution in [0, 0.1) is 0 Å². The van der Waals surface area contributed by atoms with Crippen molar-refractivity contribution in [1.29, 1.82) is 0 Å². The molecule has 3 aromatic carbocycles. The third-order valence-electron chi connectivity index (χ3n) is 3.86. The van der Waals surface area contributed by atoms with Crippen molar-refractivity contribution >= 4 is 34.3 Å². The van der Waals surface area contributed by atoms with Gasteiger partial charge in [0, 0.05) is 5.56 Å². The Morgan fingerprint density at radius 2 is 1.78 bits per heavy atom. The van der Waals surface area contributed by atoms with E-state index in [4.69, 9.17) is 20.8 Å². The number of nitrogens with one attached hydrogen (secondary N) is 1. The van der Waals surface area contributed by atoms with Crippen LogP contribution in [-0.2, 0) is 4.79 Å². The molecule has 0 aliphatic carbocycles. The molecule has 0 fully saturated rings. The molecule has 0 bridgehead atoms. The number of halogens is 1. The molecule has 0 aliphatic rings. The standard InChI is InChI=1S/C20H14ClN3O3/c21-16-7-3-4-8-17(16)26-12-18(25)22-20-24-23-19(27-20)15-10-9-13-5-1-2-6-14(13)11-15/h1-11H,12H2,(H,22,24,25). The van der Waals surface area contributed by atoms with E-state index in [2.05, 4.69) is 15.5 Å². The van der Waals surface area contributed by atoms with Crippen molar-refractivity contribution in [3.8, 4) is 17.2 Å². The molecule has 4 aromatic rings. The molecule has 0 unspecified atom stereocenters. The van der Waals surface area contributed by atoms with Gasteiger partial charge in [-0.1, -0.05) is 59.2 Å². The summed E-state index contributed by atoms with van der Waals surface area (Å²) in [6.07, 6.45) is 0. The highest BCUT2D eigenvalue weighted by atomic mass is 35.5. The van der Waals surface area contributed by atoms with Crippen LogP contribution in [0.5, 0.6) is 5.75 Å². The molecular formula is C20H14ClN3O3. The molecule has 1 heterocycles. The van der Waals surface area contributed by atoms with Crippen LogP contribution in [0.15, 0.2) is 71.1 Å². The van der Waals surface area contributed by atoms with Crippen molar-refractivity contribution in [3.05, 3.63) is 71.8 Å². The number of fused-ring (bicyclic) bond motifs is 1. The maximum Gasteiger partial charge on any atom is 0.322 e. The lowest BCUT2D eigenvalue weighted by molar-refractivity contribution is -0.118. The van der Waals surface area contributed by atoms with E-state index in [1.54, 1.807) is 24.3 Å². The van der Waals surface area contributed by atoms with Crippen LogP contribution in [0.25, 0.3) is 22.2 Å². The van der Waals surface area contributed by atoms with Crippen molar-refractivity contribution in [1.82, 2.24) is 10.2 Å². The molecule has 0 spiro atoms. The summed E-state index contributed by atoms with van der Waals surface area (Å²) in [5.74, 6) is 0.323. The Labute approximate surface area is 159 Å². The zero-order valence-electron chi connectivity index (χ0n) is 14.1. The van der Waals surface area contributed by atoms with Crippen molar-refractivity contribution in [2.45, 2.75) is 0 Å². The minimum Gasteiger partial charge on any atom is -0.482 e. The first-order chi connectivity index (χ1) is 13.2. The number of hydrogen-bond donors (Lipinski definition) is 1. The minimum absolute atomic E-state index is 0.00548. The molecule has 7 heteroatoms. The first-order valence-corrected chi connectivity index (χ1v) is 8.57. The first kappa shape index (κ1) is 17.1. The van der Waals surface area contributed by atoms with Gasteiger partial charge in [-0.25, -0.2) is 0 Å². The lowest BCUT2D eigenvalue weighted by atomic mass is 10.1. The van der Waals surface area contributed by atoms with Gasteiger partial charge in [0.15, 0.2) is 6.61 Å². The normalized spacial score (nSPS) is 10.7. The number of ether oxygens (including phenoxy) is 1. The Balaban J connectivity index is 1.42. The molecule has 1 N–H and O–H groups in total. The molecule has 0 aliphatic heterocycles. The van der Waals surface area contributed by atoms with E-state index in [9.17, 15) is 4.79 Å². The predicted molar refractivity (Wildman–Crippen MR) is 103 cm³/mol. The van der Waals surface area contributed by atoms with Crippen LogP contribution in [0.1, 0.15) is 0 Å². The Bertz CT molecular complexity index is 1110. The van der Waals surface area contributed by atoms with Crippen LogP contribution in [-0.4, -0.2) is 22.7 Å². The van der Waals surface area contributed by atoms with Gasteiger partial charge in [0.2, 0.25) is 5.89 Å². The van der Waals surface area contributed by atoms with Gasteiger partial charge in [-0.15, -0.1) is 5.10 Å². The molecule has 1 aromatic heterocycles. The second-order valence-corrected chi connectivity index (χ2v) is 6.15. The average Bonchev–Trinajstić information content (AvgIpc) is 3.15. The van der Waals surface area contributed by atoms with E-state index < -0.39 is 5.91 Å². The van der Waals surface area contributed by atoms with Crippen molar-refractivity contribution < 1.29 is 13.9 Å². The molecule has 134 valence electrons. The lowest BCUT2D eigenvalue weighted by Gasteiger charge is -2.06. The second kappa shape index (κ2) is 7.47. The van der Waals surface area contributed by atoms with Crippen LogP contribution in [0.3, 0.4) is 0 Å². The monoisotopic (exact) mass is 379 g/mol. The SMILES string of the molecule is O=C(COc1ccccc1Cl)Nc1nnc(-c2ccc3ccccc3c2)o1. The number of benzene rings is 3. The molecule has 6 nitrogen and oxygen atoms in total. The molecule has 1 amide bonds. The summed E-state index contributed by atoms with van der Waals surface area (Å²) in [7, 11) is 0. The number of para-hydroxylation sites is 1. The number of aromatic nitrogens is 2. The highest BCUT2D eigenvalue weighted by molar-refractivity contribution is 6.32. The summed E-state index contributed by atoms with van der Waals surface area (Å²) in [4.78, 5) is 12.0. The maximum atomic E-state index is 12.0. The fraction of sp³-hybridized carbons (Fsp3) is 0.0500. The Hall–Kier alpha value is -3.38. The highest BCUT2D eigenvalue weighted by Crippen LogP contribution is 2.25. The maximum absolute atomic E-state index is 12.0. The van der Waals surface area contributed by atoms with E-state index in [1.165, 1.54) is 0 Å². The van der Waals surface area contributed by atoms with Gasteiger partial charge in [-0.2, -0.15) is 0 Å². The zero-order valence-corrected chi connectivity index (χ0v) is 14.8. The smallest absolute Gasteiger partial charge is 0.322 e. The fourth-order valence-electron chi connectivity index (χ4n) is 2.57. The first-order valence-electron chi connectivity index (χ1n) is 8.19. The van der Waals surface area contributed by atoms with Crippen molar-refractivity contribution in [2.24, 2.45) is 0 Å². The summed E-state index contributed by atoms with van der Waals surface area (Å²) < 4.78 is 10.9. The van der Waals surface area contributed by atoms with Crippen LogP contribution in [0.4, 0.5) is 6.01 Å². The number of nitrogens with zero attached hydrogens (tertiary/aromatic N) is 2. The molecule has 4 rings (SSSR count). The summed E-state index contributed by atoms with van der Waals surface area (Å²) in [5, 5.41) is 13.0. The van der Waals surface area contributed by atoms with Crippen LogP contribution < -0.4 is 10.1 Å². The Kier molecular flexibility index (Phi) is 4.72. The summed E-state index contributed by atoms with van der Waals surface area (Å²) >= 11 is 5.98. The molecule has 0 saturated heterocycles. The van der Waals surface area contributed by atoms with Gasteiger partial charge in [0.05, 0.1) is 5.02 Å². The van der Waals surface area contributed by atoms with Gasteiger partial charge >= 0.3 is 6.01 Å². The largest absolute Gasteiger partial charge is 0.482 e. The third-order valence-corrected chi connectivity index (χ3v) is 4.18. The van der Waals surface area contributed by atoms with Gasteiger partial charge in [-0.05, 0) is 35.0 Å². The van der Waals surface area contributed by atoms with Crippen LogP contribution >= 0.6 is 11.6 Å². The minimum atomic E-state index is -0.427. The summed E-state index contributed by atoms with van der Waals surface area (Å²) in [6, 6.07) is 20.7. The molecular weight excluding hydrogens is 366 g/mol. The Morgan fingerprint density at radius 3 is 2.63 bits per heavy atom. The fourth-order valence-corrected chi connectivity index (χ4v) is 2.76. The lowest BCUT2D eigenvalue weighted by Crippen LogP contribution is -2.20. The predicted octanol–water partition coefficient (Wildman–Crippen LogP) is 4.56. The number of hydrogen-bond acceptors (Lipinski definition) is 5. The van der Waals surface area contributed by atoms with E-state index in [0.717, 1.165) is 16.3 Å². The quantitative estimate of drug-likeness (QED) is 0.550. The molecule has 27 heavy (non-hydrogen) atoms. The zero-order chi connectivity index (χ0) is 18.6. The number of amides is 1. The van der Waals surface area contributed by atoms with Gasteiger partial charge < -0.3 is 9.15 Å². The summed E-state index contributed by atoms with van der Waals surface area (Å²) in [5.41, 5.74) is 0.772. The third kappa shape index (κ3) is 3.91. The van der Waals surface area contributed by atoms with Gasteiger partial charge in [-0.3, -0.25) is 10.1 Å². The number of carbonyl (C=O) groups is 1. The van der Waals surface area contributed by atoms with E-state index in [1.807, 2.05) is 42.5 Å². The second-order valence-electron chi connectivity index (χ2n) is 5.74. The highest BCUT2D eigenvalue weighted by Gasteiger charge is 2.13. The van der Waals surface area contributed by atoms with E-state index >= 15 is 0 Å². The van der Waals surface area contributed by atoms with E-state index in [0.29, 0.717) is 16.7 Å². The number of rotatable bonds is 5. The average molecular weight is 380 g/mol. The van der Waals surface area contributed by atoms with Gasteiger partial charge in [0.25, 0.3) is 5.91 Å². The van der Waals surface area contributed by atoms with Crippen LogP contribution in [0.2, 0.25) is 5.02 Å². The number of carbonyl (C=O) groups excluding carboxylic acids is 1. The molecule has 0 atom stereocenters. The van der Waals surface area contributed by atoms with Crippen molar-refractivity contribution in [3.63, 3.8) is 0 Å². The number of anilines is 1. The van der Waals surface area contributed by atoms with E-state index in [-0.39, 0.29) is 12.6 Å².